The van der Waals surface area contributed by atoms with Gasteiger partial charge in [0.05, 0.1) is 16.8 Å². The Kier molecular flexibility index (Phi) is 2.06. The molecule has 0 N–H and O–H groups in total. The summed E-state index contributed by atoms with van der Waals surface area (Å²) in [6, 6.07) is 0.969. The molecule has 0 unspecified atom stereocenters. The van der Waals surface area contributed by atoms with Gasteiger partial charge >= 0.3 is 6.18 Å². The van der Waals surface area contributed by atoms with E-state index in [9.17, 15) is 13.2 Å². The van der Waals surface area contributed by atoms with Crippen molar-refractivity contribution in [3.8, 4) is 0 Å². The summed E-state index contributed by atoms with van der Waals surface area (Å²) in [7, 11) is 0. The molecule has 0 spiro atoms. The second-order valence-electron chi connectivity index (χ2n) is 3.05. The first kappa shape index (κ1) is 9.82. The number of pyridine rings is 1. The molecular weight excluding hydrogens is 207 g/mol. The highest BCUT2D eigenvalue weighted by atomic mass is 19.4. The van der Waals surface area contributed by atoms with Crippen LogP contribution < -0.4 is 0 Å². The summed E-state index contributed by atoms with van der Waals surface area (Å²) in [5.41, 5.74) is 0.365. The predicted octanol–water partition coefficient (Wildman–Crippen LogP) is 2.35. The largest absolute Gasteiger partial charge is 0.417 e. The Bertz CT molecular complexity index is 507. The number of fused-ring (bicyclic) bond motifs is 1. The van der Waals surface area contributed by atoms with Gasteiger partial charge in [0.2, 0.25) is 0 Å². The molecule has 0 aliphatic rings. The van der Waals surface area contributed by atoms with Crippen molar-refractivity contribution in [2.45, 2.75) is 13.1 Å². The molecule has 15 heavy (non-hydrogen) atoms. The van der Waals surface area contributed by atoms with Crippen molar-refractivity contribution in [3.05, 3.63) is 29.8 Å². The molecule has 3 nitrogen and oxygen atoms in total. The highest BCUT2D eigenvalue weighted by Crippen LogP contribution is 2.29. The minimum absolute atomic E-state index is 0.206. The maximum absolute atomic E-state index is 12.3. The average molecular weight is 213 g/mol. The Morgan fingerprint density at radius 3 is 2.53 bits per heavy atom. The zero-order valence-corrected chi connectivity index (χ0v) is 7.71. The molecule has 0 aromatic carbocycles. The van der Waals surface area contributed by atoms with E-state index in [4.69, 9.17) is 0 Å². The Morgan fingerprint density at radius 1 is 1.13 bits per heavy atom. The maximum atomic E-state index is 12.3. The van der Waals surface area contributed by atoms with Crippen LogP contribution in [-0.2, 0) is 6.18 Å². The lowest BCUT2D eigenvalue weighted by atomic mass is 10.2. The van der Waals surface area contributed by atoms with E-state index in [2.05, 4.69) is 15.0 Å². The van der Waals surface area contributed by atoms with Gasteiger partial charge in [0.15, 0.2) is 0 Å². The minimum atomic E-state index is -4.39. The Hall–Kier alpha value is -1.72. The lowest BCUT2D eigenvalue weighted by Crippen LogP contribution is -2.06. The SMILES string of the molecule is Cc1ncnc2cc(C(F)(F)F)cnc12. The molecule has 0 aliphatic carbocycles. The summed E-state index contributed by atoms with van der Waals surface area (Å²) >= 11 is 0. The molecule has 6 heteroatoms. The van der Waals surface area contributed by atoms with E-state index in [1.165, 1.54) is 6.33 Å². The van der Waals surface area contributed by atoms with Gasteiger partial charge in [0.25, 0.3) is 0 Å². The quantitative estimate of drug-likeness (QED) is 0.674. The molecule has 0 saturated heterocycles. The molecule has 2 aromatic heterocycles. The van der Waals surface area contributed by atoms with Crippen molar-refractivity contribution in [3.63, 3.8) is 0 Å². The lowest BCUT2D eigenvalue weighted by Gasteiger charge is -2.06. The van der Waals surface area contributed by atoms with Crippen molar-refractivity contribution in [1.82, 2.24) is 15.0 Å². The van der Waals surface area contributed by atoms with Crippen LogP contribution in [0.25, 0.3) is 11.0 Å². The number of halogens is 3. The van der Waals surface area contributed by atoms with Gasteiger partial charge in [-0.1, -0.05) is 0 Å². The van der Waals surface area contributed by atoms with Gasteiger partial charge in [-0.05, 0) is 13.0 Å². The molecule has 2 heterocycles. The van der Waals surface area contributed by atoms with E-state index >= 15 is 0 Å². The van der Waals surface area contributed by atoms with Gasteiger partial charge in [0.1, 0.15) is 11.8 Å². The molecule has 0 atom stereocenters. The van der Waals surface area contributed by atoms with Crippen LogP contribution in [0.5, 0.6) is 0 Å². The van der Waals surface area contributed by atoms with E-state index in [0.29, 0.717) is 11.2 Å². The minimum Gasteiger partial charge on any atom is -0.252 e. The second kappa shape index (κ2) is 3.15. The van der Waals surface area contributed by atoms with Gasteiger partial charge < -0.3 is 0 Å². The third-order valence-electron chi connectivity index (χ3n) is 1.99. The fourth-order valence-electron chi connectivity index (χ4n) is 1.22. The van der Waals surface area contributed by atoms with Crippen LogP contribution in [0.4, 0.5) is 13.2 Å². The number of hydrogen-bond acceptors (Lipinski definition) is 3. The summed E-state index contributed by atoms with van der Waals surface area (Å²) < 4.78 is 37.0. The number of nitrogens with zero attached hydrogens (tertiary/aromatic N) is 3. The topological polar surface area (TPSA) is 38.7 Å². The zero-order chi connectivity index (χ0) is 11.1. The number of aromatic nitrogens is 3. The van der Waals surface area contributed by atoms with Crippen molar-refractivity contribution in [2.24, 2.45) is 0 Å². The first-order valence-electron chi connectivity index (χ1n) is 4.13. The molecule has 0 saturated carbocycles. The average Bonchev–Trinajstić information content (AvgIpc) is 2.16. The molecule has 0 amide bonds. The van der Waals surface area contributed by atoms with E-state index in [-0.39, 0.29) is 5.52 Å². The van der Waals surface area contributed by atoms with E-state index in [1.54, 1.807) is 6.92 Å². The third kappa shape index (κ3) is 1.74. The van der Waals surface area contributed by atoms with Crippen LogP contribution in [0.1, 0.15) is 11.3 Å². The first-order valence-corrected chi connectivity index (χ1v) is 4.13. The summed E-state index contributed by atoms with van der Waals surface area (Å²) in [4.78, 5) is 11.3. The molecule has 0 fully saturated rings. The van der Waals surface area contributed by atoms with Gasteiger partial charge in [0, 0.05) is 6.20 Å². The molecule has 2 aromatic rings. The molecule has 2 rings (SSSR count). The molecule has 0 aliphatic heterocycles. The monoisotopic (exact) mass is 213 g/mol. The maximum Gasteiger partial charge on any atom is 0.417 e. The van der Waals surface area contributed by atoms with Crippen molar-refractivity contribution >= 4 is 11.0 Å². The smallest absolute Gasteiger partial charge is 0.252 e. The number of hydrogen-bond donors (Lipinski definition) is 0. The summed E-state index contributed by atoms with van der Waals surface area (Å²) in [5.74, 6) is 0. The number of aryl methyl sites for hydroxylation is 1. The van der Waals surface area contributed by atoms with Gasteiger partial charge in [-0.3, -0.25) is 4.98 Å². The first-order chi connectivity index (χ1) is 6.98. The van der Waals surface area contributed by atoms with Crippen molar-refractivity contribution < 1.29 is 13.2 Å². The zero-order valence-electron chi connectivity index (χ0n) is 7.71. The van der Waals surface area contributed by atoms with Crippen LogP contribution in [0.15, 0.2) is 18.6 Å². The Labute approximate surface area is 83.0 Å². The lowest BCUT2D eigenvalue weighted by molar-refractivity contribution is -0.137. The van der Waals surface area contributed by atoms with E-state index in [1.807, 2.05) is 0 Å². The Balaban J connectivity index is 2.68. The van der Waals surface area contributed by atoms with E-state index in [0.717, 1.165) is 12.3 Å². The summed E-state index contributed by atoms with van der Waals surface area (Å²) in [6.07, 6.45) is -2.38. The molecule has 0 bridgehead atoms. The molecule has 0 radical (unpaired) electrons. The summed E-state index contributed by atoms with van der Waals surface area (Å²) in [5, 5.41) is 0. The van der Waals surface area contributed by atoms with Crippen LogP contribution in [0.3, 0.4) is 0 Å². The standard InChI is InChI=1S/C9H6F3N3/c1-5-8-7(15-4-14-5)2-6(3-13-8)9(10,11)12/h2-4H,1H3. The highest BCUT2D eigenvalue weighted by Gasteiger charge is 2.31. The van der Waals surface area contributed by atoms with Gasteiger partial charge in [-0.2, -0.15) is 13.2 Å². The van der Waals surface area contributed by atoms with Crippen LogP contribution in [0.2, 0.25) is 0 Å². The van der Waals surface area contributed by atoms with Crippen LogP contribution in [0, 0.1) is 6.92 Å². The molecular formula is C9H6F3N3. The molecule has 78 valence electrons. The number of rotatable bonds is 0. The second-order valence-corrected chi connectivity index (χ2v) is 3.05. The normalized spacial score (nSPS) is 12.0. The summed E-state index contributed by atoms with van der Waals surface area (Å²) in [6.45, 7) is 1.67. The van der Waals surface area contributed by atoms with Crippen molar-refractivity contribution in [2.75, 3.05) is 0 Å². The van der Waals surface area contributed by atoms with Gasteiger partial charge in [-0.15, -0.1) is 0 Å². The van der Waals surface area contributed by atoms with Crippen molar-refractivity contribution in [1.29, 1.82) is 0 Å². The fraction of sp³-hybridized carbons (Fsp3) is 0.222. The number of alkyl halides is 3. The Morgan fingerprint density at radius 2 is 1.87 bits per heavy atom. The highest BCUT2D eigenvalue weighted by molar-refractivity contribution is 5.76. The third-order valence-corrected chi connectivity index (χ3v) is 1.99. The fourth-order valence-corrected chi connectivity index (χ4v) is 1.22. The van der Waals surface area contributed by atoms with E-state index < -0.39 is 11.7 Å². The van der Waals surface area contributed by atoms with Crippen LogP contribution >= 0.6 is 0 Å². The van der Waals surface area contributed by atoms with Gasteiger partial charge in [-0.25, -0.2) is 9.97 Å². The predicted molar refractivity (Wildman–Crippen MR) is 47.1 cm³/mol. The van der Waals surface area contributed by atoms with Crippen LogP contribution in [-0.4, -0.2) is 15.0 Å².